The van der Waals surface area contributed by atoms with Crippen molar-refractivity contribution in [3.05, 3.63) is 58.6 Å². The van der Waals surface area contributed by atoms with Gasteiger partial charge in [-0.1, -0.05) is 17.7 Å². The van der Waals surface area contributed by atoms with E-state index >= 15 is 0 Å². The summed E-state index contributed by atoms with van der Waals surface area (Å²) in [4.78, 5) is 14.0. The van der Waals surface area contributed by atoms with Gasteiger partial charge in [-0.05, 0) is 42.0 Å². The third-order valence-electron chi connectivity index (χ3n) is 3.29. The minimum Gasteiger partial charge on any atom is -0.454 e. The number of benzene rings is 2. The van der Waals surface area contributed by atoms with Gasteiger partial charge in [0.05, 0.1) is 0 Å². The van der Waals surface area contributed by atoms with Crippen LogP contribution in [0.25, 0.3) is 0 Å². The van der Waals surface area contributed by atoms with Crippen LogP contribution in [0, 0.1) is 0 Å². The Morgan fingerprint density at radius 1 is 1.14 bits per heavy atom. The van der Waals surface area contributed by atoms with E-state index in [1.54, 1.807) is 36.2 Å². The van der Waals surface area contributed by atoms with E-state index in [1.165, 1.54) is 0 Å². The molecule has 2 aromatic rings. The molecule has 5 heteroatoms. The predicted molar refractivity (Wildman–Crippen MR) is 79.8 cm³/mol. The molecule has 0 atom stereocenters. The topological polar surface area (TPSA) is 38.8 Å². The van der Waals surface area contributed by atoms with Crippen molar-refractivity contribution in [3.8, 4) is 11.5 Å². The van der Waals surface area contributed by atoms with E-state index in [0.29, 0.717) is 17.1 Å². The average molecular weight is 304 g/mol. The predicted octanol–water partition coefficient (Wildman–Crippen LogP) is 3.34. The summed E-state index contributed by atoms with van der Waals surface area (Å²) in [5.74, 6) is 1.41. The molecule has 21 heavy (non-hydrogen) atoms. The first-order valence-corrected chi connectivity index (χ1v) is 6.91. The summed E-state index contributed by atoms with van der Waals surface area (Å²) in [6.45, 7) is 0.746. The molecule has 0 saturated heterocycles. The van der Waals surface area contributed by atoms with E-state index in [0.717, 1.165) is 17.1 Å². The Bertz CT molecular complexity index is 670. The molecular formula is C16H14ClNO3. The lowest BCUT2D eigenvalue weighted by Crippen LogP contribution is -2.26. The summed E-state index contributed by atoms with van der Waals surface area (Å²) in [7, 11) is 1.77. The van der Waals surface area contributed by atoms with Gasteiger partial charge >= 0.3 is 0 Å². The van der Waals surface area contributed by atoms with Crippen molar-refractivity contribution in [2.75, 3.05) is 13.8 Å². The number of amides is 1. The van der Waals surface area contributed by atoms with Crippen LogP contribution in [0.2, 0.25) is 5.02 Å². The number of ether oxygens (including phenoxy) is 2. The third-order valence-corrected chi connectivity index (χ3v) is 3.55. The largest absolute Gasteiger partial charge is 0.454 e. The van der Waals surface area contributed by atoms with Crippen molar-refractivity contribution in [2.24, 2.45) is 0 Å². The van der Waals surface area contributed by atoms with Gasteiger partial charge in [-0.15, -0.1) is 0 Å². The van der Waals surface area contributed by atoms with Crippen LogP contribution in [0.3, 0.4) is 0 Å². The van der Waals surface area contributed by atoms with Crippen LogP contribution in [0.5, 0.6) is 11.5 Å². The van der Waals surface area contributed by atoms with E-state index in [-0.39, 0.29) is 12.7 Å². The number of halogens is 1. The molecule has 0 unspecified atom stereocenters. The maximum Gasteiger partial charge on any atom is 0.253 e. The van der Waals surface area contributed by atoms with Crippen LogP contribution < -0.4 is 9.47 Å². The van der Waals surface area contributed by atoms with Gasteiger partial charge in [0.1, 0.15) is 0 Å². The SMILES string of the molecule is CN(Cc1ccc2c(c1)OCO2)C(=O)c1ccc(Cl)cc1. The molecule has 0 fully saturated rings. The van der Waals surface area contributed by atoms with Crippen molar-refractivity contribution in [3.63, 3.8) is 0 Å². The lowest BCUT2D eigenvalue weighted by Gasteiger charge is -2.17. The molecule has 0 bridgehead atoms. The Balaban J connectivity index is 1.72. The standard InChI is InChI=1S/C16H14ClNO3/c1-18(16(19)12-3-5-13(17)6-4-12)9-11-2-7-14-15(8-11)21-10-20-14/h2-8H,9-10H2,1H3. The van der Waals surface area contributed by atoms with Crippen molar-refractivity contribution >= 4 is 17.5 Å². The molecule has 1 heterocycles. The zero-order valence-electron chi connectivity index (χ0n) is 11.5. The molecule has 1 aliphatic heterocycles. The maximum atomic E-state index is 12.3. The average Bonchev–Trinajstić information content (AvgIpc) is 2.95. The van der Waals surface area contributed by atoms with Crippen LogP contribution in [0.4, 0.5) is 0 Å². The normalized spacial score (nSPS) is 12.3. The molecule has 1 aliphatic rings. The molecule has 0 radical (unpaired) electrons. The van der Waals surface area contributed by atoms with Gasteiger partial charge in [0.2, 0.25) is 6.79 Å². The third kappa shape index (κ3) is 2.95. The van der Waals surface area contributed by atoms with Gasteiger partial charge in [-0.2, -0.15) is 0 Å². The van der Waals surface area contributed by atoms with E-state index < -0.39 is 0 Å². The van der Waals surface area contributed by atoms with Gasteiger partial charge in [-0.3, -0.25) is 4.79 Å². The monoisotopic (exact) mass is 303 g/mol. The number of rotatable bonds is 3. The molecule has 3 rings (SSSR count). The number of nitrogens with zero attached hydrogens (tertiary/aromatic N) is 1. The molecular weight excluding hydrogens is 290 g/mol. The Kier molecular flexibility index (Phi) is 3.71. The zero-order chi connectivity index (χ0) is 14.8. The molecule has 0 spiro atoms. The molecule has 0 aromatic heterocycles. The summed E-state index contributed by atoms with van der Waals surface area (Å²) >= 11 is 5.83. The Morgan fingerprint density at radius 3 is 2.62 bits per heavy atom. The molecule has 1 amide bonds. The van der Waals surface area contributed by atoms with E-state index in [4.69, 9.17) is 21.1 Å². The summed E-state index contributed by atoms with van der Waals surface area (Å²) < 4.78 is 10.6. The highest BCUT2D eigenvalue weighted by molar-refractivity contribution is 6.30. The second-order valence-electron chi connectivity index (χ2n) is 4.86. The van der Waals surface area contributed by atoms with Crippen molar-refractivity contribution < 1.29 is 14.3 Å². The molecule has 108 valence electrons. The molecule has 0 N–H and O–H groups in total. The minimum absolute atomic E-state index is 0.0515. The second kappa shape index (κ2) is 5.66. The van der Waals surface area contributed by atoms with Crippen molar-refractivity contribution in [1.82, 2.24) is 4.90 Å². The van der Waals surface area contributed by atoms with Crippen molar-refractivity contribution in [2.45, 2.75) is 6.54 Å². The van der Waals surface area contributed by atoms with E-state index in [9.17, 15) is 4.79 Å². The number of fused-ring (bicyclic) bond motifs is 1. The first-order valence-electron chi connectivity index (χ1n) is 6.53. The first-order chi connectivity index (χ1) is 10.1. The second-order valence-corrected chi connectivity index (χ2v) is 5.29. The Morgan fingerprint density at radius 2 is 1.86 bits per heavy atom. The minimum atomic E-state index is -0.0515. The summed E-state index contributed by atoms with van der Waals surface area (Å²) in [6, 6.07) is 12.6. The van der Waals surface area contributed by atoms with Crippen LogP contribution in [0.1, 0.15) is 15.9 Å². The van der Waals surface area contributed by atoms with Crippen molar-refractivity contribution in [1.29, 1.82) is 0 Å². The van der Waals surface area contributed by atoms with Crippen LogP contribution >= 0.6 is 11.6 Å². The highest BCUT2D eigenvalue weighted by atomic mass is 35.5. The van der Waals surface area contributed by atoms with E-state index in [2.05, 4.69) is 0 Å². The van der Waals surface area contributed by atoms with Gasteiger partial charge in [0.25, 0.3) is 5.91 Å². The Hall–Kier alpha value is -2.20. The van der Waals surface area contributed by atoms with Gasteiger partial charge < -0.3 is 14.4 Å². The number of hydrogen-bond acceptors (Lipinski definition) is 3. The van der Waals surface area contributed by atoms with Crippen LogP contribution in [-0.2, 0) is 6.54 Å². The van der Waals surface area contributed by atoms with Crippen LogP contribution in [-0.4, -0.2) is 24.6 Å². The number of carbonyl (C=O) groups excluding carboxylic acids is 1. The maximum absolute atomic E-state index is 12.3. The number of carbonyl (C=O) groups is 1. The summed E-state index contributed by atoms with van der Waals surface area (Å²) in [5.41, 5.74) is 1.60. The molecule has 0 aliphatic carbocycles. The van der Waals surface area contributed by atoms with Gasteiger partial charge in [-0.25, -0.2) is 0 Å². The lowest BCUT2D eigenvalue weighted by molar-refractivity contribution is 0.0785. The fourth-order valence-electron chi connectivity index (χ4n) is 2.20. The summed E-state index contributed by atoms with van der Waals surface area (Å²) in [6.07, 6.45) is 0. The fraction of sp³-hybridized carbons (Fsp3) is 0.188. The smallest absolute Gasteiger partial charge is 0.253 e. The first kappa shape index (κ1) is 13.8. The molecule has 0 saturated carbocycles. The molecule has 2 aromatic carbocycles. The highest BCUT2D eigenvalue weighted by Crippen LogP contribution is 2.32. The fourth-order valence-corrected chi connectivity index (χ4v) is 2.32. The lowest BCUT2D eigenvalue weighted by atomic mass is 10.1. The summed E-state index contributed by atoms with van der Waals surface area (Å²) in [5, 5.41) is 0.616. The van der Waals surface area contributed by atoms with Gasteiger partial charge in [0.15, 0.2) is 11.5 Å². The number of hydrogen-bond donors (Lipinski definition) is 0. The van der Waals surface area contributed by atoms with E-state index in [1.807, 2.05) is 18.2 Å². The zero-order valence-corrected chi connectivity index (χ0v) is 12.3. The Labute approximate surface area is 127 Å². The van der Waals surface area contributed by atoms with Gasteiger partial charge in [0, 0.05) is 24.2 Å². The van der Waals surface area contributed by atoms with Crippen LogP contribution in [0.15, 0.2) is 42.5 Å². The quantitative estimate of drug-likeness (QED) is 0.873. The highest BCUT2D eigenvalue weighted by Gasteiger charge is 2.16. The molecule has 4 nitrogen and oxygen atoms in total.